The van der Waals surface area contributed by atoms with Gasteiger partial charge in [0.25, 0.3) is 0 Å². The molecule has 21 heavy (non-hydrogen) atoms. The summed E-state index contributed by atoms with van der Waals surface area (Å²) in [4.78, 5) is 4.98. The number of nitrogens with one attached hydrogen (secondary N) is 1. The third kappa shape index (κ3) is 4.80. The molecule has 0 saturated carbocycles. The molecule has 1 aliphatic rings. The van der Waals surface area contributed by atoms with E-state index in [2.05, 4.69) is 67.3 Å². The second-order valence-corrected chi connectivity index (χ2v) is 6.87. The Labute approximate surface area is 130 Å². The van der Waals surface area contributed by atoms with E-state index in [1.807, 2.05) is 0 Å². The lowest BCUT2D eigenvalue weighted by molar-refractivity contribution is 0.154. The van der Waals surface area contributed by atoms with Gasteiger partial charge in [-0.05, 0) is 44.1 Å². The van der Waals surface area contributed by atoms with Crippen molar-refractivity contribution in [3.63, 3.8) is 0 Å². The van der Waals surface area contributed by atoms with Crippen molar-refractivity contribution in [2.75, 3.05) is 40.3 Å². The SMILES string of the molecule is CC(C)CN(CCN(C)C)C1CCNCc2ccccc21. The molecular weight excluding hydrogens is 258 g/mol. The highest BCUT2D eigenvalue weighted by atomic mass is 15.2. The molecule has 0 amide bonds. The van der Waals surface area contributed by atoms with Gasteiger partial charge in [-0.15, -0.1) is 0 Å². The summed E-state index contributed by atoms with van der Waals surface area (Å²) in [5.74, 6) is 0.704. The van der Waals surface area contributed by atoms with Crippen LogP contribution >= 0.6 is 0 Å². The van der Waals surface area contributed by atoms with Crippen molar-refractivity contribution in [2.45, 2.75) is 32.9 Å². The monoisotopic (exact) mass is 289 g/mol. The van der Waals surface area contributed by atoms with Gasteiger partial charge in [-0.2, -0.15) is 0 Å². The lowest BCUT2D eigenvalue weighted by atomic mass is 9.97. The van der Waals surface area contributed by atoms with Crippen LogP contribution in [-0.4, -0.2) is 50.1 Å². The predicted octanol–water partition coefficient (Wildman–Crippen LogP) is 2.74. The fraction of sp³-hybridized carbons (Fsp3) is 0.667. The molecule has 118 valence electrons. The van der Waals surface area contributed by atoms with Gasteiger partial charge in [-0.25, -0.2) is 0 Å². The second-order valence-electron chi connectivity index (χ2n) is 6.87. The zero-order valence-electron chi connectivity index (χ0n) is 14.1. The molecule has 1 aromatic carbocycles. The Morgan fingerprint density at radius 1 is 1.19 bits per heavy atom. The quantitative estimate of drug-likeness (QED) is 0.869. The fourth-order valence-corrected chi connectivity index (χ4v) is 3.19. The summed E-state index contributed by atoms with van der Waals surface area (Å²) < 4.78 is 0. The van der Waals surface area contributed by atoms with E-state index in [0.29, 0.717) is 12.0 Å². The minimum absolute atomic E-state index is 0.554. The van der Waals surface area contributed by atoms with E-state index in [1.165, 1.54) is 24.1 Å². The molecule has 1 unspecified atom stereocenters. The molecule has 1 atom stereocenters. The van der Waals surface area contributed by atoms with Gasteiger partial charge in [0.15, 0.2) is 0 Å². The van der Waals surface area contributed by atoms with E-state index in [4.69, 9.17) is 0 Å². The lowest BCUT2D eigenvalue weighted by Gasteiger charge is -2.34. The Morgan fingerprint density at radius 2 is 1.95 bits per heavy atom. The average molecular weight is 289 g/mol. The van der Waals surface area contributed by atoms with E-state index >= 15 is 0 Å². The third-order valence-corrected chi connectivity index (χ3v) is 4.20. The van der Waals surface area contributed by atoms with Gasteiger partial charge in [-0.1, -0.05) is 38.1 Å². The summed E-state index contributed by atoms with van der Waals surface area (Å²) in [6.45, 7) is 10.2. The number of rotatable bonds is 6. The Hall–Kier alpha value is -0.900. The van der Waals surface area contributed by atoms with Crippen LogP contribution in [0.15, 0.2) is 24.3 Å². The number of likely N-dealkylation sites (N-methyl/N-ethyl adjacent to an activating group) is 1. The number of fused-ring (bicyclic) bond motifs is 1. The van der Waals surface area contributed by atoms with Crippen LogP contribution in [-0.2, 0) is 6.54 Å². The van der Waals surface area contributed by atoms with Gasteiger partial charge in [0.05, 0.1) is 0 Å². The number of benzene rings is 1. The van der Waals surface area contributed by atoms with Crippen molar-refractivity contribution in [1.82, 2.24) is 15.1 Å². The summed E-state index contributed by atoms with van der Waals surface area (Å²) in [6, 6.07) is 9.51. The molecule has 0 aromatic heterocycles. The van der Waals surface area contributed by atoms with Gasteiger partial charge >= 0.3 is 0 Å². The highest BCUT2D eigenvalue weighted by Gasteiger charge is 2.24. The van der Waals surface area contributed by atoms with Crippen molar-refractivity contribution >= 4 is 0 Å². The molecule has 0 fully saturated rings. The Bertz CT molecular complexity index is 428. The van der Waals surface area contributed by atoms with Crippen molar-refractivity contribution in [1.29, 1.82) is 0 Å². The topological polar surface area (TPSA) is 18.5 Å². The largest absolute Gasteiger partial charge is 0.313 e. The molecular formula is C18H31N3. The smallest absolute Gasteiger partial charge is 0.0364 e. The molecule has 0 aliphatic carbocycles. The first-order chi connectivity index (χ1) is 10.1. The normalized spacial score (nSPS) is 19.1. The van der Waals surface area contributed by atoms with Crippen LogP contribution in [0.2, 0.25) is 0 Å². The van der Waals surface area contributed by atoms with Gasteiger partial charge in [0, 0.05) is 32.2 Å². The molecule has 3 heteroatoms. The summed E-state index contributed by atoms with van der Waals surface area (Å²) in [5.41, 5.74) is 3.00. The summed E-state index contributed by atoms with van der Waals surface area (Å²) >= 11 is 0. The molecule has 0 spiro atoms. The van der Waals surface area contributed by atoms with Gasteiger partial charge in [-0.3, -0.25) is 4.90 Å². The summed E-state index contributed by atoms with van der Waals surface area (Å²) in [5, 5.41) is 3.57. The fourth-order valence-electron chi connectivity index (χ4n) is 3.19. The van der Waals surface area contributed by atoms with Crippen molar-refractivity contribution in [3.05, 3.63) is 35.4 Å². The maximum atomic E-state index is 3.57. The van der Waals surface area contributed by atoms with E-state index in [1.54, 1.807) is 0 Å². The Morgan fingerprint density at radius 3 is 2.67 bits per heavy atom. The average Bonchev–Trinajstić information content (AvgIpc) is 2.65. The van der Waals surface area contributed by atoms with Crippen LogP contribution in [0.25, 0.3) is 0 Å². The molecule has 0 bridgehead atoms. The molecule has 1 N–H and O–H groups in total. The first-order valence-corrected chi connectivity index (χ1v) is 8.25. The van der Waals surface area contributed by atoms with Crippen LogP contribution in [0.3, 0.4) is 0 Å². The van der Waals surface area contributed by atoms with E-state index in [9.17, 15) is 0 Å². The van der Waals surface area contributed by atoms with E-state index in [0.717, 1.165) is 26.2 Å². The minimum Gasteiger partial charge on any atom is -0.313 e. The molecule has 0 radical (unpaired) electrons. The Balaban J connectivity index is 2.21. The zero-order valence-corrected chi connectivity index (χ0v) is 14.1. The van der Waals surface area contributed by atoms with Crippen molar-refractivity contribution in [2.24, 2.45) is 5.92 Å². The summed E-state index contributed by atoms with van der Waals surface area (Å²) in [7, 11) is 4.33. The summed E-state index contributed by atoms with van der Waals surface area (Å²) in [6.07, 6.45) is 1.21. The molecule has 1 aromatic rings. The van der Waals surface area contributed by atoms with E-state index < -0.39 is 0 Å². The van der Waals surface area contributed by atoms with Crippen molar-refractivity contribution in [3.8, 4) is 0 Å². The second kappa shape index (κ2) is 7.92. The highest BCUT2D eigenvalue weighted by molar-refractivity contribution is 5.31. The maximum Gasteiger partial charge on any atom is 0.0364 e. The highest BCUT2D eigenvalue weighted by Crippen LogP contribution is 2.29. The number of hydrogen-bond acceptors (Lipinski definition) is 3. The van der Waals surface area contributed by atoms with Crippen LogP contribution in [0, 0.1) is 5.92 Å². The van der Waals surface area contributed by atoms with Gasteiger partial charge in [0.2, 0.25) is 0 Å². The molecule has 2 rings (SSSR count). The number of hydrogen-bond donors (Lipinski definition) is 1. The first-order valence-electron chi connectivity index (χ1n) is 8.25. The third-order valence-electron chi connectivity index (χ3n) is 4.20. The molecule has 1 aliphatic heterocycles. The van der Waals surface area contributed by atoms with Crippen LogP contribution in [0.4, 0.5) is 0 Å². The minimum atomic E-state index is 0.554. The van der Waals surface area contributed by atoms with Crippen molar-refractivity contribution < 1.29 is 0 Å². The molecule has 0 saturated heterocycles. The standard InChI is InChI=1S/C18H31N3/c1-15(2)14-21(12-11-20(3)4)18-9-10-19-13-16-7-5-6-8-17(16)18/h5-8,15,18-19H,9-14H2,1-4H3. The zero-order chi connectivity index (χ0) is 15.2. The van der Waals surface area contributed by atoms with Crippen LogP contribution in [0.1, 0.15) is 37.4 Å². The van der Waals surface area contributed by atoms with Crippen LogP contribution < -0.4 is 5.32 Å². The number of nitrogens with zero attached hydrogens (tertiary/aromatic N) is 2. The molecule has 3 nitrogen and oxygen atoms in total. The predicted molar refractivity (Wildman–Crippen MR) is 90.5 cm³/mol. The van der Waals surface area contributed by atoms with Gasteiger partial charge in [0.1, 0.15) is 0 Å². The first kappa shape index (κ1) is 16.5. The molecule has 1 heterocycles. The van der Waals surface area contributed by atoms with Gasteiger partial charge < -0.3 is 10.2 Å². The van der Waals surface area contributed by atoms with Crippen LogP contribution in [0.5, 0.6) is 0 Å². The lowest BCUT2D eigenvalue weighted by Crippen LogP contribution is -2.38. The Kier molecular flexibility index (Phi) is 6.22. The van der Waals surface area contributed by atoms with E-state index in [-0.39, 0.29) is 0 Å². The maximum absolute atomic E-state index is 3.57.